The molecule has 0 heterocycles. The second kappa shape index (κ2) is 8.85. The highest BCUT2D eigenvalue weighted by Crippen LogP contribution is 2.21. The largest absolute Gasteiger partial charge is 0.468 e. The molecule has 0 fully saturated rings. The van der Waals surface area contributed by atoms with Crippen LogP contribution >= 0.6 is 0 Å². The number of nitrogens with one attached hydrogen (secondary N) is 1. The van der Waals surface area contributed by atoms with Gasteiger partial charge in [-0.3, -0.25) is 20.2 Å². The Morgan fingerprint density at radius 3 is 2.44 bits per heavy atom. The highest BCUT2D eigenvalue weighted by Gasteiger charge is 2.34. The number of ether oxygens (including phenoxy) is 1. The Morgan fingerprint density at radius 2 is 2.00 bits per heavy atom. The van der Waals surface area contributed by atoms with Crippen LogP contribution in [0.3, 0.4) is 0 Å². The lowest BCUT2D eigenvalue weighted by Gasteiger charge is -2.30. The Hall–Kier alpha value is -1.17. The summed E-state index contributed by atoms with van der Waals surface area (Å²) in [5.74, 6) is -0.393. The highest BCUT2D eigenvalue weighted by molar-refractivity contribution is 5.71. The second-order valence-corrected chi connectivity index (χ2v) is 4.55. The minimum Gasteiger partial charge on any atom is -0.468 e. The quantitative estimate of drug-likeness (QED) is 0.367. The van der Waals surface area contributed by atoms with Crippen molar-refractivity contribution in [2.45, 2.75) is 51.5 Å². The number of rotatable bonds is 10. The Balaban J connectivity index is 4.68. The number of nitrogens with zero attached hydrogens (tertiary/aromatic N) is 1. The lowest BCUT2D eigenvalue weighted by Crippen LogP contribution is -2.52. The molecule has 0 aliphatic rings. The molecule has 1 N–H and O–H groups in total. The number of unbranched alkanes of at least 4 members (excludes halogenated alkanes) is 1. The van der Waals surface area contributed by atoms with Crippen LogP contribution in [0.25, 0.3) is 0 Å². The zero-order valence-corrected chi connectivity index (χ0v) is 11.5. The van der Waals surface area contributed by atoms with Crippen LogP contribution in [0, 0.1) is 10.1 Å². The van der Waals surface area contributed by atoms with Gasteiger partial charge in [-0.1, -0.05) is 33.1 Å². The highest BCUT2D eigenvalue weighted by atomic mass is 16.6. The standard InChI is InChI=1S/C12H24N2O4/c1-4-6-8-12(7-5-2,10-14(16)17)13-9-11(15)18-3/h13H,4-10H2,1-3H3. The first-order valence-corrected chi connectivity index (χ1v) is 6.43. The first-order valence-electron chi connectivity index (χ1n) is 6.43. The second-order valence-electron chi connectivity index (χ2n) is 4.55. The molecule has 0 spiro atoms. The summed E-state index contributed by atoms with van der Waals surface area (Å²) < 4.78 is 4.56. The lowest BCUT2D eigenvalue weighted by atomic mass is 9.87. The molecule has 0 bridgehead atoms. The average Bonchev–Trinajstić information content (AvgIpc) is 2.33. The molecule has 0 rings (SSSR count). The van der Waals surface area contributed by atoms with Crippen molar-refractivity contribution in [1.29, 1.82) is 0 Å². The first kappa shape index (κ1) is 16.8. The number of carbonyl (C=O) groups excluding carboxylic acids is 1. The predicted molar refractivity (Wildman–Crippen MR) is 69.0 cm³/mol. The molecule has 1 atom stereocenters. The molecule has 6 heteroatoms. The normalized spacial score (nSPS) is 13.9. The van der Waals surface area contributed by atoms with Crippen LogP contribution in [0.1, 0.15) is 46.0 Å². The molecule has 1 unspecified atom stereocenters. The van der Waals surface area contributed by atoms with Gasteiger partial charge in [0.25, 0.3) is 0 Å². The van der Waals surface area contributed by atoms with Gasteiger partial charge in [0, 0.05) is 4.92 Å². The van der Waals surface area contributed by atoms with Gasteiger partial charge in [0.2, 0.25) is 6.54 Å². The van der Waals surface area contributed by atoms with Crippen LogP contribution in [0.2, 0.25) is 0 Å². The van der Waals surface area contributed by atoms with Crippen molar-refractivity contribution >= 4 is 5.97 Å². The van der Waals surface area contributed by atoms with E-state index in [1.165, 1.54) is 7.11 Å². The minimum absolute atomic E-state index is 0.0219. The Bertz CT molecular complexity index is 271. The molecule has 0 aromatic heterocycles. The molecule has 0 radical (unpaired) electrons. The van der Waals surface area contributed by atoms with E-state index in [0.29, 0.717) is 12.8 Å². The van der Waals surface area contributed by atoms with Crippen LogP contribution < -0.4 is 5.32 Å². The zero-order valence-electron chi connectivity index (χ0n) is 11.5. The van der Waals surface area contributed by atoms with Gasteiger partial charge in [-0.25, -0.2) is 0 Å². The number of nitro groups is 1. The van der Waals surface area contributed by atoms with E-state index in [4.69, 9.17) is 0 Å². The van der Waals surface area contributed by atoms with E-state index >= 15 is 0 Å². The molecule has 0 aromatic carbocycles. The van der Waals surface area contributed by atoms with Gasteiger partial charge in [-0.15, -0.1) is 0 Å². The Kier molecular flexibility index (Phi) is 8.28. The van der Waals surface area contributed by atoms with Crippen molar-refractivity contribution in [3.05, 3.63) is 10.1 Å². The minimum atomic E-state index is -0.595. The molecule has 6 nitrogen and oxygen atoms in total. The number of hydrogen-bond donors (Lipinski definition) is 1. The molecule has 0 aliphatic heterocycles. The monoisotopic (exact) mass is 260 g/mol. The van der Waals surface area contributed by atoms with E-state index < -0.39 is 11.5 Å². The molecule has 106 valence electrons. The van der Waals surface area contributed by atoms with Gasteiger partial charge < -0.3 is 4.74 Å². The van der Waals surface area contributed by atoms with Gasteiger partial charge in [-0.2, -0.15) is 0 Å². The summed E-state index contributed by atoms with van der Waals surface area (Å²) in [5.41, 5.74) is -0.595. The fourth-order valence-corrected chi connectivity index (χ4v) is 2.09. The van der Waals surface area contributed by atoms with Gasteiger partial charge in [0.05, 0.1) is 19.2 Å². The lowest BCUT2D eigenvalue weighted by molar-refractivity contribution is -0.491. The van der Waals surface area contributed by atoms with Crippen molar-refractivity contribution in [1.82, 2.24) is 5.32 Å². The molecule has 0 aliphatic carbocycles. The summed E-state index contributed by atoms with van der Waals surface area (Å²) >= 11 is 0. The first-order chi connectivity index (χ1) is 8.49. The SMILES string of the molecule is CCCCC(CCC)(C[N+](=O)[O-])NCC(=O)OC. The summed E-state index contributed by atoms with van der Waals surface area (Å²) in [6.07, 6.45) is 4.11. The maximum Gasteiger partial charge on any atom is 0.319 e. The molecule has 0 saturated carbocycles. The van der Waals surface area contributed by atoms with Crippen molar-refractivity contribution in [2.75, 3.05) is 20.2 Å². The van der Waals surface area contributed by atoms with E-state index in [2.05, 4.69) is 10.1 Å². The van der Waals surface area contributed by atoms with Gasteiger partial charge in [0.15, 0.2) is 0 Å². The van der Waals surface area contributed by atoms with Crippen molar-refractivity contribution in [3.8, 4) is 0 Å². The Morgan fingerprint density at radius 1 is 1.33 bits per heavy atom. The summed E-state index contributed by atoms with van der Waals surface area (Å²) in [6, 6.07) is 0. The van der Waals surface area contributed by atoms with Crippen LogP contribution in [-0.2, 0) is 9.53 Å². The molecule has 0 aromatic rings. The van der Waals surface area contributed by atoms with Crippen LogP contribution in [0.5, 0.6) is 0 Å². The van der Waals surface area contributed by atoms with E-state index in [9.17, 15) is 14.9 Å². The summed E-state index contributed by atoms with van der Waals surface area (Å²) in [6.45, 7) is 3.90. The third-order valence-corrected chi connectivity index (χ3v) is 3.00. The molecular weight excluding hydrogens is 236 g/mol. The molecule has 0 amide bonds. The molecule has 0 saturated heterocycles. The van der Waals surface area contributed by atoms with E-state index in [1.54, 1.807) is 0 Å². The van der Waals surface area contributed by atoms with Crippen molar-refractivity contribution in [2.24, 2.45) is 0 Å². The van der Waals surface area contributed by atoms with E-state index in [-0.39, 0.29) is 18.0 Å². The number of esters is 1. The van der Waals surface area contributed by atoms with Crippen LogP contribution in [-0.4, -0.2) is 36.6 Å². The van der Waals surface area contributed by atoms with Gasteiger partial charge in [-0.05, 0) is 12.8 Å². The maximum absolute atomic E-state index is 11.2. The van der Waals surface area contributed by atoms with E-state index in [1.807, 2.05) is 13.8 Å². The summed E-state index contributed by atoms with van der Waals surface area (Å²) in [7, 11) is 1.31. The fraction of sp³-hybridized carbons (Fsp3) is 0.917. The third kappa shape index (κ3) is 6.54. The smallest absolute Gasteiger partial charge is 0.319 e. The average molecular weight is 260 g/mol. The third-order valence-electron chi connectivity index (χ3n) is 3.00. The number of hydrogen-bond acceptors (Lipinski definition) is 5. The fourth-order valence-electron chi connectivity index (χ4n) is 2.09. The van der Waals surface area contributed by atoms with Gasteiger partial charge >= 0.3 is 5.97 Å². The van der Waals surface area contributed by atoms with Gasteiger partial charge in [0.1, 0.15) is 0 Å². The van der Waals surface area contributed by atoms with Crippen LogP contribution in [0.15, 0.2) is 0 Å². The van der Waals surface area contributed by atoms with E-state index in [0.717, 1.165) is 19.3 Å². The molecule has 18 heavy (non-hydrogen) atoms. The van der Waals surface area contributed by atoms with Crippen molar-refractivity contribution in [3.63, 3.8) is 0 Å². The number of methoxy groups -OCH3 is 1. The predicted octanol–water partition coefficient (Wildman–Crippen LogP) is 1.75. The maximum atomic E-state index is 11.2. The topological polar surface area (TPSA) is 81.5 Å². The molecular formula is C12H24N2O4. The summed E-state index contributed by atoms with van der Waals surface area (Å²) in [4.78, 5) is 21.7. The Labute approximate surface area is 108 Å². The number of carbonyl (C=O) groups is 1. The summed E-state index contributed by atoms with van der Waals surface area (Å²) in [5, 5.41) is 13.9. The van der Waals surface area contributed by atoms with Crippen LogP contribution in [0.4, 0.5) is 0 Å². The van der Waals surface area contributed by atoms with Crippen molar-refractivity contribution < 1.29 is 14.5 Å². The zero-order chi connectivity index (χ0) is 14.0.